The largest absolute Gasteiger partial charge is 0.480 e. The van der Waals surface area contributed by atoms with Crippen molar-refractivity contribution in [1.29, 1.82) is 0 Å². The molecular formula is C12H14BrNO4S. The molecule has 0 heterocycles. The number of hydrogen-bond donors (Lipinski definition) is 1. The molecule has 0 spiro atoms. The van der Waals surface area contributed by atoms with Crippen LogP contribution in [0.2, 0.25) is 0 Å². The standard InChI is InChI=1S/C12H14BrNO4S/c1-8-2-3-9(13)6-11(8)19(17,18)14(7-12(15)16)10-4-5-10/h2-3,6,10H,4-5,7H2,1H3,(H,15,16). The zero-order valence-corrected chi connectivity index (χ0v) is 12.7. The lowest BCUT2D eigenvalue weighted by Crippen LogP contribution is -2.37. The molecule has 1 aromatic carbocycles. The summed E-state index contributed by atoms with van der Waals surface area (Å²) in [6.45, 7) is 1.21. The van der Waals surface area contributed by atoms with Gasteiger partial charge < -0.3 is 5.11 Å². The quantitative estimate of drug-likeness (QED) is 0.883. The van der Waals surface area contributed by atoms with Gasteiger partial charge in [-0.3, -0.25) is 4.79 Å². The Labute approximate surface area is 120 Å². The Morgan fingerprint density at radius 3 is 2.63 bits per heavy atom. The molecule has 0 atom stereocenters. The van der Waals surface area contributed by atoms with Crippen LogP contribution in [0.5, 0.6) is 0 Å². The smallest absolute Gasteiger partial charge is 0.318 e. The van der Waals surface area contributed by atoms with E-state index in [0.29, 0.717) is 10.0 Å². The summed E-state index contributed by atoms with van der Waals surface area (Å²) < 4.78 is 26.9. The molecule has 0 aliphatic heterocycles. The molecule has 1 N–H and O–H groups in total. The molecule has 0 amide bonds. The fourth-order valence-electron chi connectivity index (χ4n) is 1.88. The van der Waals surface area contributed by atoms with Gasteiger partial charge in [-0.05, 0) is 37.5 Å². The summed E-state index contributed by atoms with van der Waals surface area (Å²) in [5, 5.41) is 8.88. The number of benzene rings is 1. The molecule has 1 saturated carbocycles. The second-order valence-electron chi connectivity index (χ2n) is 4.58. The summed E-state index contributed by atoms with van der Waals surface area (Å²) in [6, 6.07) is 4.79. The lowest BCUT2D eigenvalue weighted by Gasteiger charge is -2.21. The monoisotopic (exact) mass is 347 g/mol. The van der Waals surface area contributed by atoms with Gasteiger partial charge in [0.2, 0.25) is 10.0 Å². The van der Waals surface area contributed by atoms with Crippen LogP contribution in [0.3, 0.4) is 0 Å². The molecule has 1 aromatic rings. The molecule has 0 aromatic heterocycles. The number of aryl methyl sites for hydroxylation is 1. The highest BCUT2D eigenvalue weighted by Gasteiger charge is 2.39. The Morgan fingerprint density at radius 1 is 1.47 bits per heavy atom. The van der Waals surface area contributed by atoms with Crippen LogP contribution in [0.4, 0.5) is 0 Å². The van der Waals surface area contributed by atoms with Crippen molar-refractivity contribution in [2.45, 2.75) is 30.7 Å². The Morgan fingerprint density at radius 2 is 2.11 bits per heavy atom. The lowest BCUT2D eigenvalue weighted by molar-refractivity contribution is -0.137. The molecule has 0 radical (unpaired) electrons. The maximum Gasteiger partial charge on any atom is 0.318 e. The van der Waals surface area contributed by atoms with Crippen LogP contribution >= 0.6 is 15.9 Å². The van der Waals surface area contributed by atoms with Gasteiger partial charge in [0.05, 0.1) is 4.90 Å². The zero-order chi connectivity index (χ0) is 14.2. The number of halogens is 1. The summed E-state index contributed by atoms with van der Waals surface area (Å²) in [6.07, 6.45) is 1.44. The van der Waals surface area contributed by atoms with E-state index in [-0.39, 0.29) is 10.9 Å². The third kappa shape index (κ3) is 3.16. The molecule has 104 valence electrons. The molecule has 5 nitrogen and oxygen atoms in total. The van der Waals surface area contributed by atoms with Gasteiger partial charge in [0.15, 0.2) is 0 Å². The topological polar surface area (TPSA) is 74.7 Å². The van der Waals surface area contributed by atoms with Crippen LogP contribution in [-0.4, -0.2) is 36.4 Å². The van der Waals surface area contributed by atoms with Gasteiger partial charge in [-0.25, -0.2) is 8.42 Å². The maximum absolute atomic E-state index is 12.6. The number of nitrogens with zero attached hydrogens (tertiary/aromatic N) is 1. The first kappa shape index (κ1) is 14.5. The van der Waals surface area contributed by atoms with Crippen molar-refractivity contribution >= 4 is 31.9 Å². The van der Waals surface area contributed by atoms with Gasteiger partial charge in [-0.15, -0.1) is 0 Å². The number of sulfonamides is 1. The lowest BCUT2D eigenvalue weighted by atomic mass is 10.2. The van der Waals surface area contributed by atoms with Gasteiger partial charge in [0, 0.05) is 10.5 Å². The van der Waals surface area contributed by atoms with E-state index in [1.807, 2.05) is 0 Å². The van der Waals surface area contributed by atoms with Crippen molar-refractivity contribution in [2.24, 2.45) is 0 Å². The van der Waals surface area contributed by atoms with Crippen LogP contribution < -0.4 is 0 Å². The molecule has 1 aliphatic carbocycles. The summed E-state index contributed by atoms with van der Waals surface area (Å²) in [4.78, 5) is 11.0. The average Bonchev–Trinajstić information content (AvgIpc) is 3.12. The third-order valence-corrected chi connectivity index (χ3v) is 5.52. The number of carboxylic acid groups (broad SMARTS) is 1. The van der Waals surface area contributed by atoms with E-state index in [4.69, 9.17) is 5.11 Å². The second-order valence-corrected chi connectivity index (χ2v) is 7.36. The first-order chi connectivity index (χ1) is 8.82. The van der Waals surface area contributed by atoms with Gasteiger partial charge in [0.1, 0.15) is 6.54 Å². The Balaban J connectivity index is 2.44. The third-order valence-electron chi connectivity index (χ3n) is 2.98. The van der Waals surface area contributed by atoms with Gasteiger partial charge in [-0.1, -0.05) is 22.0 Å². The molecule has 0 saturated heterocycles. The normalized spacial score (nSPS) is 15.7. The fraction of sp³-hybridized carbons (Fsp3) is 0.417. The predicted octanol–water partition coefficient (Wildman–Crippen LogP) is 2.00. The van der Waals surface area contributed by atoms with Crippen molar-refractivity contribution in [3.05, 3.63) is 28.2 Å². The highest BCUT2D eigenvalue weighted by molar-refractivity contribution is 9.10. The predicted molar refractivity (Wildman–Crippen MR) is 73.4 cm³/mol. The minimum Gasteiger partial charge on any atom is -0.480 e. The molecule has 0 unspecified atom stereocenters. The van der Waals surface area contributed by atoms with E-state index >= 15 is 0 Å². The second kappa shape index (κ2) is 5.22. The summed E-state index contributed by atoms with van der Waals surface area (Å²) in [5.74, 6) is -1.14. The summed E-state index contributed by atoms with van der Waals surface area (Å²) in [7, 11) is -3.76. The van der Waals surface area contributed by atoms with E-state index in [2.05, 4.69) is 15.9 Å². The summed E-state index contributed by atoms with van der Waals surface area (Å²) in [5.41, 5.74) is 0.610. The van der Waals surface area contributed by atoms with Crippen LogP contribution in [0.15, 0.2) is 27.6 Å². The zero-order valence-electron chi connectivity index (χ0n) is 10.3. The fourth-order valence-corrected chi connectivity index (χ4v) is 4.28. The number of aliphatic carboxylic acids is 1. The molecule has 7 heteroatoms. The van der Waals surface area contributed by atoms with E-state index < -0.39 is 22.5 Å². The average molecular weight is 348 g/mol. The van der Waals surface area contributed by atoms with Gasteiger partial charge in [-0.2, -0.15) is 4.31 Å². The van der Waals surface area contributed by atoms with E-state index in [1.165, 1.54) is 6.07 Å². The molecule has 1 fully saturated rings. The van der Waals surface area contributed by atoms with Crippen LogP contribution in [0.1, 0.15) is 18.4 Å². The molecule has 19 heavy (non-hydrogen) atoms. The van der Waals surface area contributed by atoms with Crippen LogP contribution in [0.25, 0.3) is 0 Å². The van der Waals surface area contributed by atoms with Crippen molar-refractivity contribution in [1.82, 2.24) is 4.31 Å². The highest BCUT2D eigenvalue weighted by atomic mass is 79.9. The van der Waals surface area contributed by atoms with Crippen molar-refractivity contribution in [3.8, 4) is 0 Å². The minimum atomic E-state index is -3.76. The van der Waals surface area contributed by atoms with Crippen LogP contribution in [-0.2, 0) is 14.8 Å². The Bertz CT molecular complexity index is 610. The van der Waals surface area contributed by atoms with Gasteiger partial charge in [0.25, 0.3) is 0 Å². The first-order valence-electron chi connectivity index (χ1n) is 5.82. The van der Waals surface area contributed by atoms with E-state index in [0.717, 1.165) is 17.1 Å². The van der Waals surface area contributed by atoms with Crippen LogP contribution in [0, 0.1) is 6.92 Å². The molecule has 1 aliphatic rings. The van der Waals surface area contributed by atoms with Crippen molar-refractivity contribution in [2.75, 3.05) is 6.54 Å². The molecule has 2 rings (SSSR count). The molecular weight excluding hydrogens is 334 g/mol. The highest BCUT2D eigenvalue weighted by Crippen LogP contribution is 2.33. The molecule has 0 bridgehead atoms. The number of hydrogen-bond acceptors (Lipinski definition) is 3. The SMILES string of the molecule is Cc1ccc(Br)cc1S(=O)(=O)N(CC(=O)O)C1CC1. The van der Waals surface area contributed by atoms with Gasteiger partial charge >= 0.3 is 5.97 Å². The Kier molecular flexibility index (Phi) is 3.98. The Hall–Kier alpha value is -0.920. The van der Waals surface area contributed by atoms with E-state index in [9.17, 15) is 13.2 Å². The summed E-state index contributed by atoms with van der Waals surface area (Å²) >= 11 is 3.24. The number of rotatable bonds is 5. The number of carbonyl (C=O) groups is 1. The minimum absolute atomic E-state index is 0.162. The maximum atomic E-state index is 12.6. The van der Waals surface area contributed by atoms with Crippen molar-refractivity contribution in [3.63, 3.8) is 0 Å². The first-order valence-corrected chi connectivity index (χ1v) is 8.05. The van der Waals surface area contributed by atoms with E-state index in [1.54, 1.807) is 19.1 Å². The van der Waals surface area contributed by atoms with Crippen molar-refractivity contribution < 1.29 is 18.3 Å². The number of carboxylic acids is 1.